The normalized spacial score (nSPS) is 32.6. The van der Waals surface area contributed by atoms with Gasteiger partial charge in [0.25, 0.3) is 5.91 Å². The van der Waals surface area contributed by atoms with Crippen LogP contribution in [0.5, 0.6) is 0 Å². The number of ether oxygens (including phenoxy) is 6. The molecule has 10 unspecified atom stereocenters. The Morgan fingerprint density at radius 3 is 2.00 bits per heavy atom. The summed E-state index contributed by atoms with van der Waals surface area (Å²) in [4.78, 5) is 60.0. The van der Waals surface area contributed by atoms with Gasteiger partial charge in [0.15, 0.2) is 24.6 Å². The van der Waals surface area contributed by atoms with Gasteiger partial charge in [-0.05, 0) is 18.6 Å². The number of hydrogen-bond donors (Lipinski definition) is 4. The largest absolute Gasteiger partial charge is 0.463 e. The molecule has 232 valence electrons. The van der Waals surface area contributed by atoms with Crippen LogP contribution in [0.25, 0.3) is 0 Å². The monoisotopic (exact) mass is 595 g/mol. The Balaban J connectivity index is 1.85. The van der Waals surface area contributed by atoms with E-state index in [0.29, 0.717) is 5.56 Å². The Morgan fingerprint density at radius 2 is 1.43 bits per heavy atom. The number of carbonyl (C=O) groups excluding carboxylic acids is 5. The molecule has 42 heavy (non-hydrogen) atoms. The van der Waals surface area contributed by atoms with Gasteiger partial charge in [0.05, 0.1) is 12.1 Å². The maximum absolute atomic E-state index is 12.8. The first-order valence-corrected chi connectivity index (χ1v) is 13.3. The van der Waals surface area contributed by atoms with Crippen LogP contribution in [0.1, 0.15) is 44.5 Å². The van der Waals surface area contributed by atoms with Crippen molar-refractivity contribution in [3.63, 3.8) is 0 Å². The molecule has 0 aromatic heterocycles. The lowest BCUT2D eigenvalue weighted by atomic mass is 9.83. The van der Waals surface area contributed by atoms with Crippen LogP contribution in [0, 0.1) is 0 Å². The quantitative estimate of drug-likeness (QED) is 0.192. The minimum Gasteiger partial charge on any atom is -0.463 e. The number of amides is 1. The highest BCUT2D eigenvalue weighted by molar-refractivity contribution is 5.94. The molecule has 10 atom stereocenters. The van der Waals surface area contributed by atoms with Gasteiger partial charge < -0.3 is 50.3 Å². The average Bonchev–Trinajstić information content (AvgIpc) is 2.91. The number of carbonyl (C=O) groups is 5. The van der Waals surface area contributed by atoms with Crippen LogP contribution in [-0.4, -0.2) is 103 Å². The molecule has 0 spiro atoms. The van der Waals surface area contributed by atoms with Crippen molar-refractivity contribution in [2.45, 2.75) is 95.2 Å². The molecule has 1 saturated heterocycles. The van der Waals surface area contributed by atoms with Crippen LogP contribution < -0.4 is 16.8 Å². The highest BCUT2D eigenvalue weighted by Crippen LogP contribution is 2.31. The Hall–Kier alpha value is -3.63. The van der Waals surface area contributed by atoms with Crippen LogP contribution in [0.15, 0.2) is 30.3 Å². The van der Waals surface area contributed by atoms with E-state index in [0.717, 1.165) is 27.7 Å². The molecule has 1 aromatic carbocycles. The first-order valence-electron chi connectivity index (χ1n) is 13.3. The van der Waals surface area contributed by atoms with Crippen molar-refractivity contribution in [1.82, 2.24) is 5.32 Å². The third-order valence-corrected chi connectivity index (χ3v) is 6.71. The maximum atomic E-state index is 12.8. The van der Waals surface area contributed by atoms with Gasteiger partial charge in [-0.3, -0.25) is 24.0 Å². The summed E-state index contributed by atoms with van der Waals surface area (Å²) in [7, 11) is 0. The molecule has 2 aliphatic rings. The zero-order chi connectivity index (χ0) is 31.1. The molecule has 6 N–H and O–H groups in total. The van der Waals surface area contributed by atoms with E-state index in [9.17, 15) is 29.1 Å². The van der Waals surface area contributed by atoms with E-state index in [1.54, 1.807) is 30.3 Å². The SMILES string of the molecule is CC(=O)OCC1OC(OC2C(N)CC(NC(=O)c3ccccc3)C(OC(C)=O)C2O)C(N)C(OC(C)=O)C1OC(C)=O. The Morgan fingerprint density at radius 1 is 0.857 bits per heavy atom. The topological polar surface area (TPSA) is 225 Å². The van der Waals surface area contributed by atoms with Gasteiger partial charge in [-0.25, -0.2) is 0 Å². The van der Waals surface area contributed by atoms with Gasteiger partial charge in [0.2, 0.25) is 0 Å². The molecule has 1 aromatic rings. The lowest BCUT2D eigenvalue weighted by Gasteiger charge is -2.47. The Labute approximate surface area is 242 Å². The fraction of sp³-hybridized carbons (Fsp3) is 0.593. The van der Waals surface area contributed by atoms with Crippen molar-refractivity contribution in [2.75, 3.05) is 6.61 Å². The molecule has 2 fully saturated rings. The number of nitrogens with two attached hydrogens (primary N) is 2. The molecule has 1 saturated carbocycles. The predicted octanol–water partition coefficient (Wildman–Crippen LogP) is -1.33. The van der Waals surface area contributed by atoms with Crippen LogP contribution in [0.3, 0.4) is 0 Å². The molecular weight excluding hydrogens is 558 g/mol. The molecule has 1 aliphatic heterocycles. The second-order valence-corrected chi connectivity index (χ2v) is 10.1. The van der Waals surface area contributed by atoms with Crippen molar-refractivity contribution >= 4 is 29.8 Å². The second kappa shape index (κ2) is 14.5. The molecule has 3 rings (SSSR count). The highest BCUT2D eigenvalue weighted by atomic mass is 16.7. The summed E-state index contributed by atoms with van der Waals surface area (Å²) in [5, 5.41) is 14.0. The second-order valence-electron chi connectivity index (χ2n) is 10.1. The van der Waals surface area contributed by atoms with Gasteiger partial charge in [0.1, 0.15) is 24.9 Å². The zero-order valence-corrected chi connectivity index (χ0v) is 23.7. The molecule has 1 heterocycles. The van der Waals surface area contributed by atoms with Crippen molar-refractivity contribution < 1.29 is 57.5 Å². The Kier molecular flexibility index (Phi) is 11.4. The molecule has 15 nitrogen and oxygen atoms in total. The number of aliphatic hydroxyl groups excluding tert-OH is 1. The van der Waals surface area contributed by atoms with Crippen molar-refractivity contribution in [3.8, 4) is 0 Å². The van der Waals surface area contributed by atoms with E-state index in [1.165, 1.54) is 0 Å². The number of esters is 4. The third-order valence-electron chi connectivity index (χ3n) is 6.71. The summed E-state index contributed by atoms with van der Waals surface area (Å²) >= 11 is 0. The van der Waals surface area contributed by atoms with Crippen LogP contribution in [-0.2, 0) is 47.6 Å². The predicted molar refractivity (Wildman–Crippen MR) is 141 cm³/mol. The smallest absolute Gasteiger partial charge is 0.303 e. The van der Waals surface area contributed by atoms with E-state index < -0.39 is 97.4 Å². The number of benzene rings is 1. The molecule has 1 amide bonds. The van der Waals surface area contributed by atoms with E-state index in [2.05, 4.69) is 5.32 Å². The molecule has 0 radical (unpaired) electrons. The molecule has 15 heteroatoms. The van der Waals surface area contributed by atoms with Gasteiger partial charge in [-0.15, -0.1) is 0 Å². The third kappa shape index (κ3) is 8.45. The van der Waals surface area contributed by atoms with Crippen molar-refractivity contribution in [3.05, 3.63) is 35.9 Å². The lowest BCUT2D eigenvalue weighted by Crippen LogP contribution is -2.69. The molecule has 1 aliphatic carbocycles. The number of rotatable bonds is 9. The van der Waals surface area contributed by atoms with E-state index in [4.69, 9.17) is 39.9 Å². The fourth-order valence-corrected chi connectivity index (χ4v) is 4.96. The van der Waals surface area contributed by atoms with Crippen LogP contribution in [0.2, 0.25) is 0 Å². The number of aliphatic hydroxyl groups is 1. The van der Waals surface area contributed by atoms with Crippen molar-refractivity contribution in [1.29, 1.82) is 0 Å². The summed E-state index contributed by atoms with van der Waals surface area (Å²) in [6, 6.07) is 5.21. The zero-order valence-electron chi connectivity index (χ0n) is 23.7. The standard InChI is InChI=1S/C27H37N3O12/c1-12(31)37-11-19-24(39-14(3)33)25(40-15(4)34)20(29)27(41-19)42-22-17(28)10-18(23(21(22)35)38-13(2)32)30-26(36)16-8-6-5-7-9-16/h5-9,17-25,27,35H,10-11,28-29H2,1-4H3,(H,30,36). The first-order chi connectivity index (χ1) is 19.8. The van der Waals surface area contributed by atoms with Crippen LogP contribution in [0.4, 0.5) is 0 Å². The van der Waals surface area contributed by atoms with Gasteiger partial charge in [0, 0.05) is 39.3 Å². The summed E-state index contributed by atoms with van der Waals surface area (Å²) in [5.74, 6) is -3.34. The summed E-state index contributed by atoms with van der Waals surface area (Å²) < 4.78 is 33.0. The summed E-state index contributed by atoms with van der Waals surface area (Å²) in [6.45, 7) is 4.14. The number of hydrogen-bond acceptors (Lipinski definition) is 14. The van der Waals surface area contributed by atoms with Gasteiger partial charge >= 0.3 is 23.9 Å². The summed E-state index contributed by atoms with van der Waals surface area (Å²) in [6.07, 6.45) is -9.27. The molecule has 0 bridgehead atoms. The summed E-state index contributed by atoms with van der Waals surface area (Å²) in [5.41, 5.74) is 13.1. The highest BCUT2D eigenvalue weighted by Gasteiger charge is 2.53. The Bertz CT molecular complexity index is 1130. The average molecular weight is 596 g/mol. The fourth-order valence-electron chi connectivity index (χ4n) is 4.96. The lowest BCUT2D eigenvalue weighted by molar-refractivity contribution is -0.298. The van der Waals surface area contributed by atoms with Crippen molar-refractivity contribution in [2.24, 2.45) is 11.5 Å². The maximum Gasteiger partial charge on any atom is 0.303 e. The van der Waals surface area contributed by atoms with Gasteiger partial charge in [-0.1, -0.05) is 18.2 Å². The minimum absolute atomic E-state index is 0.0144. The van der Waals surface area contributed by atoms with E-state index >= 15 is 0 Å². The van der Waals surface area contributed by atoms with Gasteiger partial charge in [-0.2, -0.15) is 0 Å². The minimum atomic E-state index is -1.57. The van der Waals surface area contributed by atoms with Crippen LogP contribution >= 0.6 is 0 Å². The van der Waals surface area contributed by atoms with E-state index in [1.807, 2.05) is 0 Å². The van der Waals surface area contributed by atoms with E-state index in [-0.39, 0.29) is 6.42 Å². The first kappa shape index (κ1) is 32.9. The number of nitrogens with one attached hydrogen (secondary N) is 1. The molecular formula is C27H37N3O12.